The molecule has 0 spiro atoms. The summed E-state index contributed by atoms with van der Waals surface area (Å²) in [4.78, 5) is 4.40. The number of nitrogens with one attached hydrogen (secondary N) is 1. The summed E-state index contributed by atoms with van der Waals surface area (Å²) in [7, 11) is 1.68. The second-order valence-electron chi connectivity index (χ2n) is 5.74. The second-order valence-corrected chi connectivity index (χ2v) is 5.74. The van der Waals surface area contributed by atoms with E-state index in [1.165, 1.54) is 0 Å². The fraction of sp³-hybridized carbons (Fsp3) is 0.643. The molecule has 0 aliphatic heterocycles. The third-order valence-corrected chi connectivity index (χ3v) is 2.41. The first-order valence-corrected chi connectivity index (χ1v) is 6.50. The molecule has 0 radical (unpaired) electrons. The van der Waals surface area contributed by atoms with Gasteiger partial charge in [-0.05, 0) is 31.9 Å². The van der Waals surface area contributed by atoms with Crippen LogP contribution in [-0.4, -0.2) is 30.8 Å². The SMILES string of the molecule is COCC(C)(C)Nc1ccc(N)c(OCC(C)C)n1. The molecule has 0 aliphatic carbocycles. The van der Waals surface area contributed by atoms with E-state index in [1.54, 1.807) is 13.2 Å². The number of ether oxygens (including phenoxy) is 2. The molecule has 0 atom stereocenters. The van der Waals surface area contributed by atoms with E-state index in [1.807, 2.05) is 19.9 Å². The van der Waals surface area contributed by atoms with Gasteiger partial charge in [-0.15, -0.1) is 0 Å². The van der Waals surface area contributed by atoms with Crippen LogP contribution in [0.4, 0.5) is 11.5 Å². The Balaban J connectivity index is 2.78. The van der Waals surface area contributed by atoms with Crippen LogP contribution < -0.4 is 15.8 Å². The molecule has 5 nitrogen and oxygen atoms in total. The molecule has 0 bridgehead atoms. The topological polar surface area (TPSA) is 69.4 Å². The van der Waals surface area contributed by atoms with Crippen LogP contribution in [0, 0.1) is 5.92 Å². The van der Waals surface area contributed by atoms with E-state index in [-0.39, 0.29) is 5.54 Å². The summed E-state index contributed by atoms with van der Waals surface area (Å²) in [5, 5.41) is 3.30. The van der Waals surface area contributed by atoms with Crippen LogP contribution >= 0.6 is 0 Å². The first kappa shape index (κ1) is 15.6. The molecule has 19 heavy (non-hydrogen) atoms. The summed E-state index contributed by atoms with van der Waals surface area (Å²) >= 11 is 0. The van der Waals surface area contributed by atoms with Crippen molar-refractivity contribution in [1.82, 2.24) is 4.98 Å². The Labute approximate surface area is 115 Å². The number of anilines is 2. The van der Waals surface area contributed by atoms with Gasteiger partial charge in [0, 0.05) is 7.11 Å². The average Bonchev–Trinajstić information content (AvgIpc) is 2.29. The molecule has 1 aromatic heterocycles. The van der Waals surface area contributed by atoms with E-state index in [4.69, 9.17) is 15.2 Å². The fourth-order valence-electron chi connectivity index (χ4n) is 1.63. The number of aromatic nitrogens is 1. The standard InChI is InChI=1S/C14H25N3O2/c1-10(2)8-19-13-11(15)6-7-12(16-13)17-14(3,4)9-18-5/h6-7,10H,8-9,15H2,1-5H3,(H,16,17). The third-order valence-electron chi connectivity index (χ3n) is 2.41. The molecular formula is C14H25N3O2. The molecular weight excluding hydrogens is 242 g/mol. The Morgan fingerprint density at radius 2 is 2.05 bits per heavy atom. The molecule has 108 valence electrons. The Hall–Kier alpha value is -1.49. The third kappa shape index (κ3) is 5.34. The van der Waals surface area contributed by atoms with E-state index in [0.29, 0.717) is 30.7 Å². The summed E-state index contributed by atoms with van der Waals surface area (Å²) in [6.07, 6.45) is 0. The molecule has 1 aromatic rings. The average molecular weight is 267 g/mol. The van der Waals surface area contributed by atoms with Gasteiger partial charge in [0.1, 0.15) is 5.82 Å². The Bertz CT molecular complexity index is 406. The fourth-order valence-corrected chi connectivity index (χ4v) is 1.63. The first-order chi connectivity index (χ1) is 8.84. The molecule has 3 N–H and O–H groups in total. The molecule has 5 heteroatoms. The Morgan fingerprint density at radius 1 is 1.37 bits per heavy atom. The van der Waals surface area contributed by atoms with Gasteiger partial charge >= 0.3 is 0 Å². The van der Waals surface area contributed by atoms with Crippen LogP contribution in [0.2, 0.25) is 0 Å². The molecule has 0 amide bonds. The summed E-state index contributed by atoms with van der Waals surface area (Å²) < 4.78 is 10.8. The van der Waals surface area contributed by atoms with Crippen LogP contribution in [-0.2, 0) is 4.74 Å². The molecule has 0 aromatic carbocycles. The number of nitrogen functional groups attached to an aromatic ring is 1. The highest BCUT2D eigenvalue weighted by Crippen LogP contribution is 2.23. The van der Waals surface area contributed by atoms with Crippen LogP contribution in [0.5, 0.6) is 5.88 Å². The summed E-state index contributed by atoms with van der Waals surface area (Å²) in [5.74, 6) is 1.64. The van der Waals surface area contributed by atoms with Gasteiger partial charge in [-0.3, -0.25) is 0 Å². The van der Waals surface area contributed by atoms with Crippen LogP contribution in [0.15, 0.2) is 12.1 Å². The number of methoxy groups -OCH3 is 1. The van der Waals surface area contributed by atoms with Crippen molar-refractivity contribution in [3.05, 3.63) is 12.1 Å². The number of rotatable bonds is 7. The van der Waals surface area contributed by atoms with Crippen molar-refractivity contribution in [1.29, 1.82) is 0 Å². The minimum absolute atomic E-state index is 0.201. The van der Waals surface area contributed by atoms with Crippen molar-refractivity contribution >= 4 is 11.5 Å². The predicted octanol–water partition coefficient (Wildman–Crippen LogP) is 2.54. The van der Waals surface area contributed by atoms with Gasteiger partial charge in [0.25, 0.3) is 0 Å². The zero-order chi connectivity index (χ0) is 14.5. The molecule has 0 fully saturated rings. The minimum atomic E-state index is -0.201. The first-order valence-electron chi connectivity index (χ1n) is 6.50. The summed E-state index contributed by atoms with van der Waals surface area (Å²) in [6.45, 7) is 9.44. The number of nitrogens with two attached hydrogens (primary N) is 1. The van der Waals surface area contributed by atoms with Crippen molar-refractivity contribution in [2.75, 3.05) is 31.4 Å². The van der Waals surface area contributed by atoms with E-state index in [2.05, 4.69) is 24.1 Å². The van der Waals surface area contributed by atoms with Crippen LogP contribution in [0.1, 0.15) is 27.7 Å². The largest absolute Gasteiger partial charge is 0.476 e. The predicted molar refractivity (Wildman–Crippen MR) is 78.6 cm³/mol. The number of nitrogens with zero attached hydrogens (tertiary/aromatic N) is 1. The molecule has 1 heterocycles. The summed E-state index contributed by atoms with van der Waals surface area (Å²) in [6, 6.07) is 3.64. The summed E-state index contributed by atoms with van der Waals surface area (Å²) in [5.41, 5.74) is 6.21. The van der Waals surface area contributed by atoms with Gasteiger partial charge in [-0.1, -0.05) is 13.8 Å². The van der Waals surface area contributed by atoms with Gasteiger partial charge in [-0.25, -0.2) is 0 Å². The van der Waals surface area contributed by atoms with E-state index in [9.17, 15) is 0 Å². The van der Waals surface area contributed by atoms with Crippen molar-refractivity contribution in [2.45, 2.75) is 33.2 Å². The lowest BCUT2D eigenvalue weighted by Crippen LogP contribution is -2.36. The number of pyridine rings is 1. The lowest BCUT2D eigenvalue weighted by Gasteiger charge is -2.26. The van der Waals surface area contributed by atoms with Crippen LogP contribution in [0.3, 0.4) is 0 Å². The number of hydrogen-bond donors (Lipinski definition) is 2. The second kappa shape index (κ2) is 6.61. The van der Waals surface area contributed by atoms with Gasteiger partial charge in [0.15, 0.2) is 0 Å². The Morgan fingerprint density at radius 3 is 2.63 bits per heavy atom. The maximum atomic E-state index is 5.86. The maximum Gasteiger partial charge on any atom is 0.239 e. The smallest absolute Gasteiger partial charge is 0.239 e. The zero-order valence-corrected chi connectivity index (χ0v) is 12.5. The highest BCUT2D eigenvalue weighted by molar-refractivity contribution is 5.54. The van der Waals surface area contributed by atoms with Crippen molar-refractivity contribution < 1.29 is 9.47 Å². The monoisotopic (exact) mass is 267 g/mol. The molecule has 1 rings (SSSR count). The highest BCUT2D eigenvalue weighted by Gasteiger charge is 2.18. The van der Waals surface area contributed by atoms with E-state index >= 15 is 0 Å². The number of hydrogen-bond acceptors (Lipinski definition) is 5. The molecule has 0 saturated carbocycles. The van der Waals surface area contributed by atoms with Gasteiger partial charge < -0.3 is 20.5 Å². The van der Waals surface area contributed by atoms with Crippen LogP contribution in [0.25, 0.3) is 0 Å². The van der Waals surface area contributed by atoms with Gasteiger partial charge in [-0.2, -0.15) is 4.98 Å². The molecule has 0 saturated heterocycles. The Kier molecular flexibility index (Phi) is 5.42. The maximum absolute atomic E-state index is 5.86. The van der Waals surface area contributed by atoms with E-state index < -0.39 is 0 Å². The lowest BCUT2D eigenvalue weighted by molar-refractivity contribution is 0.158. The van der Waals surface area contributed by atoms with Crippen molar-refractivity contribution in [3.63, 3.8) is 0 Å². The van der Waals surface area contributed by atoms with E-state index in [0.717, 1.165) is 5.82 Å². The van der Waals surface area contributed by atoms with Crippen molar-refractivity contribution in [2.24, 2.45) is 5.92 Å². The molecule has 0 aliphatic rings. The lowest BCUT2D eigenvalue weighted by atomic mass is 10.1. The van der Waals surface area contributed by atoms with Gasteiger partial charge in [0.05, 0.1) is 24.4 Å². The quantitative estimate of drug-likeness (QED) is 0.794. The minimum Gasteiger partial charge on any atom is -0.476 e. The van der Waals surface area contributed by atoms with Crippen molar-refractivity contribution in [3.8, 4) is 5.88 Å². The normalized spacial score (nSPS) is 11.7. The zero-order valence-electron chi connectivity index (χ0n) is 12.5. The molecule has 0 unspecified atom stereocenters. The van der Waals surface area contributed by atoms with Gasteiger partial charge in [0.2, 0.25) is 5.88 Å². The highest BCUT2D eigenvalue weighted by atomic mass is 16.5.